The second-order valence-electron chi connectivity index (χ2n) is 7.06. The molecule has 0 radical (unpaired) electrons. The topological polar surface area (TPSA) is 62.3 Å². The molecule has 0 saturated carbocycles. The van der Waals surface area contributed by atoms with Crippen LogP contribution in [0.4, 0.5) is 0 Å². The van der Waals surface area contributed by atoms with Crippen molar-refractivity contribution in [2.75, 3.05) is 13.1 Å². The van der Waals surface area contributed by atoms with Gasteiger partial charge in [-0.25, -0.2) is 0 Å². The zero-order valence-electron chi connectivity index (χ0n) is 15.3. The summed E-state index contributed by atoms with van der Waals surface area (Å²) in [6.45, 7) is 5.98. The standard InChI is InChI=1S/C21H21N3OS2/c1-13(2)24-9-16(7-14-3-5-26-11-14)20-18(10-24)19(15-4-6-27-12-15)17(8-22)21(23)25-20/h3-7,11-13,19H,9-10,23H2,1-2H3. The predicted octanol–water partition coefficient (Wildman–Crippen LogP) is 4.68. The van der Waals surface area contributed by atoms with Gasteiger partial charge in [0, 0.05) is 24.7 Å². The van der Waals surface area contributed by atoms with Gasteiger partial charge in [0.2, 0.25) is 5.88 Å². The third-order valence-corrected chi connectivity index (χ3v) is 6.46. The van der Waals surface area contributed by atoms with Crippen LogP contribution < -0.4 is 5.73 Å². The van der Waals surface area contributed by atoms with Crippen LogP contribution in [0.1, 0.15) is 30.9 Å². The van der Waals surface area contributed by atoms with Crippen LogP contribution in [0.5, 0.6) is 0 Å². The molecule has 0 aromatic carbocycles. The first-order chi connectivity index (χ1) is 13.1. The van der Waals surface area contributed by atoms with Crippen molar-refractivity contribution in [3.05, 3.63) is 73.1 Å². The lowest BCUT2D eigenvalue weighted by atomic mass is 9.81. The van der Waals surface area contributed by atoms with Crippen LogP contribution in [0.25, 0.3) is 6.08 Å². The van der Waals surface area contributed by atoms with Gasteiger partial charge >= 0.3 is 0 Å². The van der Waals surface area contributed by atoms with Gasteiger partial charge in [-0.15, -0.1) is 0 Å². The van der Waals surface area contributed by atoms with Gasteiger partial charge in [-0.1, -0.05) is 0 Å². The molecule has 2 aliphatic heterocycles. The van der Waals surface area contributed by atoms with Gasteiger partial charge in [0.05, 0.1) is 5.92 Å². The number of ether oxygens (including phenoxy) is 1. The molecule has 2 aromatic heterocycles. The summed E-state index contributed by atoms with van der Waals surface area (Å²) in [5, 5.41) is 18.1. The summed E-state index contributed by atoms with van der Waals surface area (Å²) in [6.07, 6.45) is 2.18. The Hall–Kier alpha value is -2.33. The minimum atomic E-state index is -0.141. The fourth-order valence-corrected chi connectivity index (χ4v) is 4.94. The number of nitriles is 1. The summed E-state index contributed by atoms with van der Waals surface area (Å²) >= 11 is 3.31. The molecule has 0 bridgehead atoms. The van der Waals surface area contributed by atoms with Gasteiger partial charge < -0.3 is 10.5 Å². The first-order valence-corrected chi connectivity index (χ1v) is 10.8. The van der Waals surface area contributed by atoms with Gasteiger partial charge in [0.1, 0.15) is 17.4 Å². The molecule has 1 unspecified atom stereocenters. The minimum absolute atomic E-state index is 0.141. The lowest BCUT2D eigenvalue weighted by Gasteiger charge is -2.39. The SMILES string of the molecule is CC(C)N1CC(=Cc2ccsc2)C2=C(C1)C(c1ccsc1)C(C#N)=C(N)O2. The quantitative estimate of drug-likeness (QED) is 0.820. The summed E-state index contributed by atoms with van der Waals surface area (Å²) in [5.74, 6) is 0.921. The van der Waals surface area contributed by atoms with Crippen molar-refractivity contribution >= 4 is 28.7 Å². The largest absolute Gasteiger partial charge is 0.440 e. The lowest BCUT2D eigenvalue weighted by Crippen LogP contribution is -2.41. The van der Waals surface area contributed by atoms with Gasteiger partial charge in [0.15, 0.2) is 0 Å². The number of thiophene rings is 2. The molecule has 138 valence electrons. The Morgan fingerprint density at radius 2 is 2.04 bits per heavy atom. The van der Waals surface area contributed by atoms with Crippen molar-refractivity contribution in [2.24, 2.45) is 5.73 Å². The van der Waals surface area contributed by atoms with E-state index >= 15 is 0 Å². The summed E-state index contributed by atoms with van der Waals surface area (Å²) in [5.41, 5.74) is 11.2. The molecular formula is C21H21N3OS2. The number of nitrogens with two attached hydrogens (primary N) is 1. The summed E-state index contributed by atoms with van der Waals surface area (Å²) in [7, 11) is 0. The first kappa shape index (κ1) is 18.1. The smallest absolute Gasteiger partial charge is 0.205 e. The van der Waals surface area contributed by atoms with Crippen molar-refractivity contribution < 1.29 is 4.74 Å². The molecule has 0 saturated heterocycles. The molecule has 0 aliphatic carbocycles. The Morgan fingerprint density at radius 1 is 1.26 bits per heavy atom. The van der Waals surface area contributed by atoms with Crippen molar-refractivity contribution in [2.45, 2.75) is 25.8 Å². The van der Waals surface area contributed by atoms with Crippen LogP contribution >= 0.6 is 22.7 Å². The van der Waals surface area contributed by atoms with Crippen molar-refractivity contribution in [1.82, 2.24) is 4.90 Å². The minimum Gasteiger partial charge on any atom is -0.440 e. The van der Waals surface area contributed by atoms with Crippen LogP contribution in [-0.2, 0) is 4.74 Å². The summed E-state index contributed by atoms with van der Waals surface area (Å²) < 4.78 is 6.04. The maximum atomic E-state index is 9.76. The molecule has 2 aromatic rings. The summed E-state index contributed by atoms with van der Waals surface area (Å²) in [4.78, 5) is 2.41. The molecule has 4 nitrogen and oxygen atoms in total. The Bertz CT molecular complexity index is 960. The molecule has 0 spiro atoms. The second-order valence-corrected chi connectivity index (χ2v) is 8.62. The van der Waals surface area contributed by atoms with Gasteiger partial charge in [-0.3, -0.25) is 4.90 Å². The maximum absolute atomic E-state index is 9.76. The Morgan fingerprint density at radius 3 is 2.67 bits per heavy atom. The highest BCUT2D eigenvalue weighted by Gasteiger charge is 2.38. The van der Waals surface area contributed by atoms with Crippen LogP contribution in [-0.4, -0.2) is 24.0 Å². The highest BCUT2D eigenvalue weighted by atomic mass is 32.1. The summed E-state index contributed by atoms with van der Waals surface area (Å²) in [6, 6.07) is 6.86. The number of allylic oxidation sites excluding steroid dienone is 1. The van der Waals surface area contributed by atoms with E-state index in [1.165, 1.54) is 0 Å². The maximum Gasteiger partial charge on any atom is 0.205 e. The van der Waals surface area contributed by atoms with E-state index in [1.807, 2.05) is 5.38 Å². The highest BCUT2D eigenvalue weighted by molar-refractivity contribution is 7.08. The Balaban J connectivity index is 1.87. The van der Waals surface area contributed by atoms with E-state index in [4.69, 9.17) is 10.5 Å². The molecular weight excluding hydrogens is 374 g/mol. The molecule has 4 heterocycles. The van der Waals surface area contributed by atoms with Crippen LogP contribution in [0.15, 0.2) is 62.0 Å². The zero-order valence-corrected chi connectivity index (χ0v) is 16.9. The van der Waals surface area contributed by atoms with Crippen molar-refractivity contribution in [3.63, 3.8) is 0 Å². The average molecular weight is 396 g/mol. The third kappa shape index (κ3) is 3.34. The number of hydrogen-bond donors (Lipinski definition) is 1. The average Bonchev–Trinajstić information content (AvgIpc) is 3.34. The van der Waals surface area contributed by atoms with E-state index < -0.39 is 0 Å². The Labute approximate surface area is 167 Å². The van der Waals surface area contributed by atoms with Crippen molar-refractivity contribution in [3.8, 4) is 6.07 Å². The molecule has 2 N–H and O–H groups in total. The number of rotatable bonds is 3. The lowest BCUT2D eigenvalue weighted by molar-refractivity contribution is 0.208. The van der Waals surface area contributed by atoms with Gasteiger partial charge in [-0.05, 0) is 70.3 Å². The molecule has 27 heavy (non-hydrogen) atoms. The third-order valence-electron chi connectivity index (χ3n) is 5.06. The number of nitrogens with zero attached hydrogens (tertiary/aromatic N) is 2. The molecule has 0 amide bonds. The molecule has 2 aliphatic rings. The van der Waals surface area contributed by atoms with Crippen LogP contribution in [0, 0.1) is 11.3 Å². The Kier molecular flexibility index (Phi) is 4.92. The normalized spacial score (nSPS) is 22.1. The van der Waals surface area contributed by atoms with Gasteiger partial charge in [0.25, 0.3) is 0 Å². The molecule has 4 rings (SSSR count). The van der Waals surface area contributed by atoms with E-state index in [2.05, 4.69) is 59.2 Å². The molecule has 0 fully saturated rings. The highest BCUT2D eigenvalue weighted by Crippen LogP contribution is 2.44. The second kappa shape index (κ2) is 7.35. The first-order valence-electron chi connectivity index (χ1n) is 8.88. The van der Waals surface area contributed by atoms with E-state index in [0.29, 0.717) is 11.6 Å². The van der Waals surface area contributed by atoms with E-state index in [1.54, 1.807) is 22.7 Å². The van der Waals surface area contributed by atoms with E-state index in [9.17, 15) is 5.26 Å². The van der Waals surface area contributed by atoms with E-state index in [0.717, 1.165) is 41.1 Å². The predicted molar refractivity (Wildman–Crippen MR) is 111 cm³/mol. The zero-order chi connectivity index (χ0) is 19.0. The van der Waals surface area contributed by atoms with Crippen LogP contribution in [0.2, 0.25) is 0 Å². The van der Waals surface area contributed by atoms with Crippen LogP contribution in [0.3, 0.4) is 0 Å². The fourth-order valence-electron chi connectivity index (χ4n) is 3.64. The molecule has 1 atom stereocenters. The van der Waals surface area contributed by atoms with E-state index in [-0.39, 0.29) is 11.8 Å². The van der Waals surface area contributed by atoms with Crippen molar-refractivity contribution in [1.29, 1.82) is 5.26 Å². The van der Waals surface area contributed by atoms with Gasteiger partial charge in [-0.2, -0.15) is 27.9 Å². The monoisotopic (exact) mass is 395 g/mol. The molecule has 6 heteroatoms. The fraction of sp³-hybridized carbons (Fsp3) is 0.286. The number of hydrogen-bond acceptors (Lipinski definition) is 6.